The molecule has 8 heteroatoms. The van der Waals surface area contributed by atoms with E-state index >= 15 is 0 Å². The van der Waals surface area contributed by atoms with Crippen LogP contribution >= 0.6 is 0 Å². The minimum absolute atomic E-state index is 0.0524. The highest BCUT2D eigenvalue weighted by Gasteiger charge is 2.20. The smallest absolute Gasteiger partial charge is 0.408 e. The number of nitrogens with zero attached hydrogens (tertiary/aromatic N) is 1. The first-order chi connectivity index (χ1) is 12.8. The molecule has 0 saturated carbocycles. The fourth-order valence-electron chi connectivity index (χ4n) is 2.94. The first-order valence-corrected chi connectivity index (χ1v) is 10.2. The molecular formula is C19H23N3O4S. The highest BCUT2D eigenvalue weighted by Crippen LogP contribution is 2.21. The Labute approximate surface area is 158 Å². The molecule has 0 fully saturated rings. The molecule has 7 nitrogen and oxygen atoms in total. The van der Waals surface area contributed by atoms with Crippen LogP contribution < -0.4 is 10.5 Å². The lowest BCUT2D eigenvalue weighted by Crippen LogP contribution is -2.34. The third kappa shape index (κ3) is 4.29. The van der Waals surface area contributed by atoms with Gasteiger partial charge in [0, 0.05) is 18.7 Å². The van der Waals surface area contributed by atoms with Crippen molar-refractivity contribution in [3.05, 3.63) is 64.1 Å². The maximum Gasteiger partial charge on any atom is 0.417 e. The summed E-state index contributed by atoms with van der Waals surface area (Å²) in [5, 5.41) is 0. The molecule has 0 spiro atoms. The summed E-state index contributed by atoms with van der Waals surface area (Å²) in [7, 11) is 0.0754. The molecule has 3 rings (SSSR count). The zero-order valence-corrected chi connectivity index (χ0v) is 16.3. The number of aryl methyl sites for hydroxylation is 1. The number of oxazole rings is 1. The van der Waals surface area contributed by atoms with Gasteiger partial charge in [0.25, 0.3) is 0 Å². The van der Waals surface area contributed by atoms with E-state index in [-0.39, 0.29) is 23.1 Å². The second kappa shape index (κ2) is 7.67. The Hall–Kier alpha value is -2.42. The highest BCUT2D eigenvalue weighted by molar-refractivity contribution is 7.89. The molecule has 1 heterocycles. The van der Waals surface area contributed by atoms with Crippen LogP contribution in [0.15, 0.2) is 56.6 Å². The van der Waals surface area contributed by atoms with Crippen LogP contribution in [0.5, 0.6) is 0 Å². The molecule has 27 heavy (non-hydrogen) atoms. The Morgan fingerprint density at radius 3 is 2.48 bits per heavy atom. The average molecular weight is 389 g/mol. The van der Waals surface area contributed by atoms with Gasteiger partial charge < -0.3 is 9.32 Å². The normalized spacial score (nSPS) is 13.3. The maximum atomic E-state index is 12.7. The number of nitrogens with one attached hydrogen (secondary N) is 2. The molecule has 0 radical (unpaired) electrons. The van der Waals surface area contributed by atoms with Crippen LogP contribution in [-0.2, 0) is 16.4 Å². The van der Waals surface area contributed by atoms with Gasteiger partial charge in [-0.2, -0.15) is 0 Å². The van der Waals surface area contributed by atoms with Gasteiger partial charge in [-0.25, -0.2) is 17.9 Å². The van der Waals surface area contributed by atoms with E-state index in [0.717, 1.165) is 12.0 Å². The maximum absolute atomic E-state index is 12.7. The zero-order chi connectivity index (χ0) is 19.6. The van der Waals surface area contributed by atoms with Crippen molar-refractivity contribution in [3.8, 4) is 0 Å². The molecule has 2 aromatic carbocycles. The standard InChI is InChI=1S/C19H23N3O4S/c1-4-13-5-7-14(8-6-13)17(22(2)3)12-20-27(24,25)15-9-10-16-18(11-15)26-19(23)21-16/h5-11,17,20H,4,12H2,1-3H3,(H,21,23). The van der Waals surface area contributed by atoms with Gasteiger partial charge in [0.15, 0.2) is 5.58 Å². The van der Waals surface area contributed by atoms with E-state index in [1.165, 1.54) is 23.8 Å². The molecule has 144 valence electrons. The van der Waals surface area contributed by atoms with Crippen molar-refractivity contribution < 1.29 is 12.8 Å². The van der Waals surface area contributed by atoms with Gasteiger partial charge in [0.1, 0.15) is 0 Å². The van der Waals surface area contributed by atoms with Crippen molar-refractivity contribution in [2.45, 2.75) is 24.3 Å². The summed E-state index contributed by atoms with van der Waals surface area (Å²) < 4.78 is 33.0. The second-order valence-corrected chi connectivity index (χ2v) is 8.37. The summed E-state index contributed by atoms with van der Waals surface area (Å²) in [4.78, 5) is 15.8. The number of aromatic nitrogens is 1. The van der Waals surface area contributed by atoms with Gasteiger partial charge in [0.05, 0.1) is 10.4 Å². The lowest BCUT2D eigenvalue weighted by Gasteiger charge is -2.25. The number of hydrogen-bond acceptors (Lipinski definition) is 5. The number of H-pyrrole nitrogens is 1. The number of benzene rings is 2. The van der Waals surface area contributed by atoms with E-state index in [4.69, 9.17) is 4.42 Å². The van der Waals surface area contributed by atoms with E-state index in [0.29, 0.717) is 5.52 Å². The molecule has 3 aromatic rings. The quantitative estimate of drug-likeness (QED) is 0.646. The number of rotatable bonds is 7. The lowest BCUT2D eigenvalue weighted by molar-refractivity contribution is 0.299. The molecular weight excluding hydrogens is 366 g/mol. The highest BCUT2D eigenvalue weighted by atomic mass is 32.2. The predicted octanol–water partition coefficient (Wildman–Crippen LogP) is 2.26. The van der Waals surface area contributed by atoms with E-state index in [1.54, 1.807) is 0 Å². The summed E-state index contributed by atoms with van der Waals surface area (Å²) >= 11 is 0. The molecule has 0 aliphatic rings. The van der Waals surface area contributed by atoms with Crippen molar-refractivity contribution >= 4 is 21.1 Å². The number of likely N-dealkylation sites (N-methyl/N-ethyl adjacent to an activating group) is 1. The number of fused-ring (bicyclic) bond motifs is 1. The molecule has 0 aliphatic heterocycles. The van der Waals surface area contributed by atoms with Gasteiger partial charge in [-0.05, 0) is 43.8 Å². The summed E-state index contributed by atoms with van der Waals surface area (Å²) in [6, 6.07) is 12.4. The van der Waals surface area contributed by atoms with Crippen LogP contribution in [-0.4, -0.2) is 38.9 Å². The minimum Gasteiger partial charge on any atom is -0.408 e. The Balaban J connectivity index is 1.80. The summed E-state index contributed by atoms with van der Waals surface area (Å²) in [5.41, 5.74) is 2.94. The molecule has 0 aliphatic carbocycles. The topological polar surface area (TPSA) is 95.4 Å². The molecule has 2 N–H and O–H groups in total. The molecule has 1 unspecified atom stereocenters. The van der Waals surface area contributed by atoms with Gasteiger partial charge in [0.2, 0.25) is 10.0 Å². The molecule has 0 saturated heterocycles. The summed E-state index contributed by atoms with van der Waals surface area (Å²) in [6.45, 7) is 2.31. The largest absolute Gasteiger partial charge is 0.417 e. The van der Waals surface area contributed by atoms with E-state index in [2.05, 4.69) is 28.8 Å². The minimum atomic E-state index is -3.74. The van der Waals surface area contributed by atoms with E-state index in [9.17, 15) is 13.2 Å². The summed E-state index contributed by atoms with van der Waals surface area (Å²) in [5.74, 6) is -0.615. The van der Waals surface area contributed by atoms with Crippen molar-refractivity contribution in [3.63, 3.8) is 0 Å². The zero-order valence-electron chi connectivity index (χ0n) is 15.5. The van der Waals surface area contributed by atoms with Crippen LogP contribution in [0.2, 0.25) is 0 Å². The SMILES string of the molecule is CCc1ccc(C(CNS(=O)(=O)c2ccc3[nH]c(=O)oc3c2)N(C)C)cc1. The Morgan fingerprint density at radius 2 is 1.85 bits per heavy atom. The Bertz CT molecular complexity index is 1080. The average Bonchev–Trinajstić information content (AvgIpc) is 3.01. The second-order valence-electron chi connectivity index (χ2n) is 6.60. The summed E-state index contributed by atoms with van der Waals surface area (Å²) in [6.07, 6.45) is 0.956. The van der Waals surface area contributed by atoms with E-state index in [1.807, 2.05) is 31.1 Å². The molecule has 0 amide bonds. The first kappa shape index (κ1) is 19.3. The van der Waals surface area contributed by atoms with Crippen LogP contribution in [0.25, 0.3) is 11.1 Å². The predicted molar refractivity (Wildman–Crippen MR) is 104 cm³/mol. The van der Waals surface area contributed by atoms with Gasteiger partial charge in [-0.15, -0.1) is 0 Å². The first-order valence-electron chi connectivity index (χ1n) is 8.68. The van der Waals surface area contributed by atoms with Crippen LogP contribution in [0.4, 0.5) is 0 Å². The van der Waals surface area contributed by atoms with E-state index < -0.39 is 15.8 Å². The van der Waals surface area contributed by atoms with Crippen molar-refractivity contribution in [1.29, 1.82) is 0 Å². The van der Waals surface area contributed by atoms with Crippen molar-refractivity contribution in [1.82, 2.24) is 14.6 Å². The Morgan fingerprint density at radius 1 is 1.15 bits per heavy atom. The third-order valence-electron chi connectivity index (χ3n) is 4.57. The monoisotopic (exact) mass is 389 g/mol. The molecule has 0 bridgehead atoms. The lowest BCUT2D eigenvalue weighted by atomic mass is 10.0. The van der Waals surface area contributed by atoms with Crippen molar-refractivity contribution in [2.24, 2.45) is 0 Å². The fraction of sp³-hybridized carbons (Fsp3) is 0.316. The van der Waals surface area contributed by atoms with Crippen LogP contribution in [0, 0.1) is 0 Å². The van der Waals surface area contributed by atoms with Crippen molar-refractivity contribution in [2.75, 3.05) is 20.6 Å². The third-order valence-corrected chi connectivity index (χ3v) is 5.99. The number of aromatic amines is 1. The van der Waals surface area contributed by atoms with Gasteiger partial charge in [-0.1, -0.05) is 31.2 Å². The fourth-order valence-corrected chi connectivity index (χ4v) is 3.99. The molecule has 1 aromatic heterocycles. The molecule has 1 atom stereocenters. The number of sulfonamides is 1. The Kier molecular flexibility index (Phi) is 5.50. The van der Waals surface area contributed by atoms with Gasteiger partial charge in [-0.3, -0.25) is 4.98 Å². The van der Waals surface area contributed by atoms with Crippen LogP contribution in [0.3, 0.4) is 0 Å². The number of hydrogen-bond donors (Lipinski definition) is 2. The van der Waals surface area contributed by atoms with Crippen LogP contribution in [0.1, 0.15) is 24.1 Å². The van der Waals surface area contributed by atoms with Gasteiger partial charge >= 0.3 is 5.76 Å².